The lowest BCUT2D eigenvalue weighted by atomic mass is 10.0. The zero-order valence-electron chi connectivity index (χ0n) is 32.1. The molecule has 0 unspecified atom stereocenters. The molecule has 0 aliphatic carbocycles. The third-order valence-corrected chi connectivity index (χ3v) is 13.1. The molecule has 0 atom stereocenters. The maximum Gasteiger partial charge on any atom is 0.0561 e. The molecule has 2 aromatic heterocycles. The number of rotatable bonds is 6. The van der Waals surface area contributed by atoms with Crippen LogP contribution in [-0.4, -0.2) is 4.57 Å². The van der Waals surface area contributed by atoms with Crippen molar-refractivity contribution in [3.63, 3.8) is 0 Å². The molecule has 12 rings (SSSR count). The van der Waals surface area contributed by atoms with E-state index < -0.39 is 0 Å². The summed E-state index contributed by atoms with van der Waals surface area (Å²) in [4.78, 5) is 2.43. The van der Waals surface area contributed by atoms with Crippen LogP contribution in [0.2, 0.25) is 0 Å². The second-order valence-corrected chi connectivity index (χ2v) is 16.4. The van der Waals surface area contributed by atoms with E-state index in [0.717, 1.165) is 28.3 Å². The quantitative estimate of drug-likeness (QED) is 0.164. The molecular weight excluding hydrogens is 733 g/mol. The van der Waals surface area contributed by atoms with E-state index in [4.69, 9.17) is 0 Å². The summed E-state index contributed by atoms with van der Waals surface area (Å²) >= 11 is 1.87. The van der Waals surface area contributed by atoms with Gasteiger partial charge in [0.25, 0.3) is 0 Å². The molecule has 2 nitrogen and oxygen atoms in total. The molecular formula is C56H36N2S. The molecule has 0 bridgehead atoms. The average Bonchev–Trinajstić information content (AvgIpc) is 3.84. The van der Waals surface area contributed by atoms with Crippen LogP contribution in [-0.2, 0) is 0 Å². The zero-order valence-corrected chi connectivity index (χ0v) is 32.9. The summed E-state index contributed by atoms with van der Waals surface area (Å²) in [6, 6.07) is 80.1. The van der Waals surface area contributed by atoms with Gasteiger partial charge in [-0.15, -0.1) is 11.3 Å². The van der Waals surface area contributed by atoms with Crippen LogP contribution in [0, 0.1) is 0 Å². The number of hydrogen-bond donors (Lipinski definition) is 0. The number of aromatic nitrogens is 1. The molecule has 0 aliphatic rings. The number of anilines is 3. The van der Waals surface area contributed by atoms with Crippen LogP contribution < -0.4 is 4.90 Å². The Morgan fingerprint density at radius 1 is 0.322 bits per heavy atom. The van der Waals surface area contributed by atoms with Crippen molar-refractivity contribution in [3.05, 3.63) is 218 Å². The lowest BCUT2D eigenvalue weighted by molar-refractivity contribution is 1.18. The summed E-state index contributed by atoms with van der Waals surface area (Å²) in [7, 11) is 0. The minimum atomic E-state index is 1.10. The Kier molecular flexibility index (Phi) is 7.75. The fraction of sp³-hybridized carbons (Fsp3) is 0. The van der Waals surface area contributed by atoms with Crippen LogP contribution in [0.4, 0.5) is 17.1 Å². The fourth-order valence-electron chi connectivity index (χ4n) is 9.12. The van der Waals surface area contributed by atoms with Gasteiger partial charge in [0.2, 0.25) is 0 Å². The van der Waals surface area contributed by atoms with Crippen molar-refractivity contribution in [2.75, 3.05) is 4.90 Å². The van der Waals surface area contributed by atoms with Gasteiger partial charge in [-0.25, -0.2) is 0 Å². The molecule has 0 fully saturated rings. The molecule has 0 N–H and O–H groups in total. The van der Waals surface area contributed by atoms with Gasteiger partial charge in [0.1, 0.15) is 0 Å². The van der Waals surface area contributed by atoms with Crippen molar-refractivity contribution in [2.45, 2.75) is 0 Å². The molecule has 276 valence electrons. The van der Waals surface area contributed by atoms with Gasteiger partial charge in [-0.1, -0.05) is 146 Å². The van der Waals surface area contributed by atoms with Gasteiger partial charge in [-0.3, -0.25) is 0 Å². The zero-order chi connectivity index (χ0) is 38.9. The molecule has 2 heterocycles. The summed E-state index contributed by atoms with van der Waals surface area (Å²) in [5.41, 5.74) is 11.6. The Morgan fingerprint density at radius 3 is 1.71 bits per heavy atom. The SMILES string of the molecule is c1ccc(-c2ccc(N(c3ccc4sc5ccc6ccccc6c5c4c3)c3ccc4c5cc6ccccc6cc5n(-c5cccc(-c6ccccc6)c5)c4c3)cc2)cc1. The summed E-state index contributed by atoms with van der Waals surface area (Å²) in [6.45, 7) is 0. The standard InChI is InChI=1S/C56H36N2S/c1-3-12-37(13-4-1)39-22-25-44(26-23-39)57(46-28-31-54-51(35-46)56-48-21-10-9-16-40(48)24-30-55(56)59-54)47-27-29-49-50-33-42-17-7-8-18-43(42)34-52(50)58(53(49)36-47)45-20-11-19-41(32-45)38-14-5-2-6-15-38/h1-36H. The second-order valence-electron chi connectivity index (χ2n) is 15.4. The molecule has 59 heavy (non-hydrogen) atoms. The fourth-order valence-corrected chi connectivity index (χ4v) is 10.2. The summed E-state index contributed by atoms with van der Waals surface area (Å²) in [5, 5.41) is 10.1. The third-order valence-electron chi connectivity index (χ3n) is 11.9. The summed E-state index contributed by atoms with van der Waals surface area (Å²) in [5.74, 6) is 0. The van der Waals surface area contributed by atoms with E-state index in [0.29, 0.717) is 0 Å². The molecule has 12 aromatic rings. The van der Waals surface area contributed by atoms with Crippen molar-refractivity contribution in [2.24, 2.45) is 0 Å². The first-order valence-corrected chi connectivity index (χ1v) is 21.0. The highest BCUT2D eigenvalue weighted by molar-refractivity contribution is 7.26. The van der Waals surface area contributed by atoms with Gasteiger partial charge in [0.05, 0.1) is 11.0 Å². The van der Waals surface area contributed by atoms with Gasteiger partial charge in [0, 0.05) is 53.7 Å². The molecule has 3 heteroatoms. The number of hydrogen-bond acceptors (Lipinski definition) is 2. The third kappa shape index (κ3) is 5.62. The van der Waals surface area contributed by atoms with Gasteiger partial charge in [-0.05, 0) is 117 Å². The number of benzene rings is 10. The van der Waals surface area contributed by atoms with Gasteiger partial charge >= 0.3 is 0 Å². The van der Waals surface area contributed by atoms with E-state index in [1.54, 1.807) is 0 Å². The van der Waals surface area contributed by atoms with E-state index in [2.05, 4.69) is 228 Å². The van der Waals surface area contributed by atoms with Crippen molar-refractivity contribution < 1.29 is 0 Å². The second kappa shape index (κ2) is 13.6. The minimum Gasteiger partial charge on any atom is -0.310 e. The molecule has 0 amide bonds. The molecule has 0 saturated heterocycles. The number of nitrogens with zero attached hydrogens (tertiary/aromatic N) is 2. The molecule has 0 radical (unpaired) electrons. The molecule has 0 aliphatic heterocycles. The molecule has 0 saturated carbocycles. The lowest BCUT2D eigenvalue weighted by Crippen LogP contribution is -2.10. The van der Waals surface area contributed by atoms with E-state index in [1.807, 2.05) is 11.3 Å². The van der Waals surface area contributed by atoms with Gasteiger partial charge in [-0.2, -0.15) is 0 Å². The van der Waals surface area contributed by atoms with Crippen molar-refractivity contribution in [1.29, 1.82) is 0 Å². The summed E-state index contributed by atoms with van der Waals surface area (Å²) < 4.78 is 5.07. The Hall–Kier alpha value is -7.46. The minimum absolute atomic E-state index is 1.10. The van der Waals surface area contributed by atoms with Gasteiger partial charge in [0.15, 0.2) is 0 Å². The maximum atomic E-state index is 2.46. The lowest BCUT2D eigenvalue weighted by Gasteiger charge is -2.26. The first-order valence-electron chi connectivity index (χ1n) is 20.2. The first kappa shape index (κ1) is 33.7. The Labute approximate surface area is 346 Å². The highest BCUT2D eigenvalue weighted by Crippen LogP contribution is 2.45. The van der Waals surface area contributed by atoms with Crippen LogP contribution in [0.3, 0.4) is 0 Å². The first-order chi connectivity index (χ1) is 29.2. The monoisotopic (exact) mass is 768 g/mol. The number of fused-ring (bicyclic) bond motifs is 9. The number of thiophene rings is 1. The maximum absolute atomic E-state index is 2.46. The Morgan fingerprint density at radius 2 is 0.915 bits per heavy atom. The van der Waals surface area contributed by atoms with Crippen molar-refractivity contribution >= 4 is 91.9 Å². The predicted octanol–water partition coefficient (Wildman–Crippen LogP) is 16.3. The van der Waals surface area contributed by atoms with Crippen LogP contribution in [0.25, 0.3) is 91.5 Å². The highest BCUT2D eigenvalue weighted by Gasteiger charge is 2.20. The normalized spacial score (nSPS) is 11.7. The van der Waals surface area contributed by atoms with E-state index >= 15 is 0 Å². The van der Waals surface area contributed by atoms with Crippen LogP contribution in [0.1, 0.15) is 0 Å². The van der Waals surface area contributed by atoms with E-state index in [9.17, 15) is 0 Å². The van der Waals surface area contributed by atoms with E-state index in [-0.39, 0.29) is 0 Å². The largest absolute Gasteiger partial charge is 0.310 e. The van der Waals surface area contributed by atoms with Crippen LogP contribution in [0.5, 0.6) is 0 Å². The van der Waals surface area contributed by atoms with E-state index in [1.165, 1.54) is 80.3 Å². The average molecular weight is 769 g/mol. The molecule has 10 aromatic carbocycles. The summed E-state index contributed by atoms with van der Waals surface area (Å²) in [6.07, 6.45) is 0. The van der Waals surface area contributed by atoms with Crippen LogP contribution in [0.15, 0.2) is 218 Å². The van der Waals surface area contributed by atoms with Crippen molar-refractivity contribution in [1.82, 2.24) is 4.57 Å². The Bertz CT molecular complexity index is 3540. The smallest absolute Gasteiger partial charge is 0.0561 e. The molecule has 0 spiro atoms. The predicted molar refractivity (Wildman–Crippen MR) is 254 cm³/mol. The Balaban J connectivity index is 1.11. The van der Waals surface area contributed by atoms with Crippen LogP contribution >= 0.6 is 11.3 Å². The topological polar surface area (TPSA) is 8.17 Å². The van der Waals surface area contributed by atoms with Crippen molar-refractivity contribution in [3.8, 4) is 27.9 Å². The highest BCUT2D eigenvalue weighted by atomic mass is 32.1. The van der Waals surface area contributed by atoms with Gasteiger partial charge < -0.3 is 9.47 Å².